The van der Waals surface area contributed by atoms with Crippen molar-refractivity contribution in [3.8, 4) is 5.69 Å². The van der Waals surface area contributed by atoms with E-state index in [2.05, 4.69) is 26.3 Å². The summed E-state index contributed by atoms with van der Waals surface area (Å²) in [6.07, 6.45) is 0. The Balaban J connectivity index is 1.70. The molecule has 1 aromatic heterocycles. The summed E-state index contributed by atoms with van der Waals surface area (Å²) in [4.78, 5) is 13.0. The molecule has 0 atom stereocenters. The number of amides is 1. The number of nitrogens with zero attached hydrogens (tertiary/aromatic N) is 2. The molecule has 3 rings (SSSR count). The highest BCUT2D eigenvalue weighted by Crippen LogP contribution is 2.21. The van der Waals surface area contributed by atoms with Gasteiger partial charge < -0.3 is 14.8 Å². The highest BCUT2D eigenvalue weighted by Gasteiger charge is 2.19. The number of aromatic nitrogens is 2. The van der Waals surface area contributed by atoms with Crippen LogP contribution >= 0.6 is 15.9 Å². The van der Waals surface area contributed by atoms with Gasteiger partial charge in [-0.2, -0.15) is 5.10 Å². The molecule has 1 amide bonds. The Morgan fingerprint density at radius 1 is 1.10 bits per heavy atom. The number of hydrogen-bond acceptors (Lipinski definition) is 4. The molecule has 0 spiro atoms. The van der Waals surface area contributed by atoms with Gasteiger partial charge in [0.25, 0.3) is 5.91 Å². The zero-order valence-corrected chi connectivity index (χ0v) is 19.0. The van der Waals surface area contributed by atoms with Gasteiger partial charge in [-0.25, -0.2) is 4.68 Å². The Kier molecular flexibility index (Phi) is 7.79. The average Bonchev–Trinajstić information content (AvgIpc) is 3.03. The fourth-order valence-corrected chi connectivity index (χ4v) is 3.45. The minimum Gasteiger partial charge on any atom is -0.379 e. The molecule has 0 fully saturated rings. The second-order valence-corrected chi connectivity index (χ2v) is 7.75. The summed E-state index contributed by atoms with van der Waals surface area (Å²) in [5.41, 5.74) is 4.68. The first-order valence-electron chi connectivity index (χ1n) is 9.87. The van der Waals surface area contributed by atoms with E-state index in [1.54, 1.807) is 4.68 Å². The number of anilines is 1. The van der Waals surface area contributed by atoms with Crippen LogP contribution in [0.15, 0.2) is 53.0 Å². The molecule has 0 saturated heterocycles. The Morgan fingerprint density at radius 2 is 1.83 bits per heavy atom. The fourth-order valence-electron chi connectivity index (χ4n) is 3.19. The minimum absolute atomic E-state index is 0.178. The molecule has 1 heterocycles. The fraction of sp³-hybridized carbons (Fsp3) is 0.304. The lowest BCUT2D eigenvalue weighted by Crippen LogP contribution is -2.14. The smallest absolute Gasteiger partial charge is 0.259 e. The quantitative estimate of drug-likeness (QED) is 0.443. The minimum atomic E-state index is -0.178. The molecule has 0 bridgehead atoms. The van der Waals surface area contributed by atoms with Crippen LogP contribution in [0, 0.1) is 13.8 Å². The third-order valence-electron chi connectivity index (χ3n) is 4.62. The summed E-state index contributed by atoms with van der Waals surface area (Å²) in [6, 6.07) is 15.5. The first-order valence-corrected chi connectivity index (χ1v) is 10.7. The monoisotopic (exact) mass is 471 g/mol. The molecule has 0 aliphatic heterocycles. The van der Waals surface area contributed by atoms with Crippen molar-refractivity contribution in [1.29, 1.82) is 0 Å². The molecule has 0 unspecified atom stereocenters. The predicted molar refractivity (Wildman–Crippen MR) is 121 cm³/mol. The topological polar surface area (TPSA) is 65.4 Å². The van der Waals surface area contributed by atoms with Gasteiger partial charge in [-0.15, -0.1) is 0 Å². The highest BCUT2D eigenvalue weighted by atomic mass is 79.9. The van der Waals surface area contributed by atoms with Gasteiger partial charge in [0.2, 0.25) is 0 Å². The van der Waals surface area contributed by atoms with Gasteiger partial charge in [0.05, 0.1) is 42.5 Å². The maximum atomic E-state index is 13.0. The number of ether oxygens (including phenoxy) is 2. The Morgan fingerprint density at radius 3 is 2.57 bits per heavy atom. The number of rotatable bonds is 9. The van der Waals surface area contributed by atoms with E-state index in [-0.39, 0.29) is 5.91 Å². The second kappa shape index (κ2) is 10.5. The summed E-state index contributed by atoms with van der Waals surface area (Å²) >= 11 is 3.44. The third-order valence-corrected chi connectivity index (χ3v) is 5.15. The molecule has 2 aromatic carbocycles. The van der Waals surface area contributed by atoms with E-state index >= 15 is 0 Å². The van der Waals surface area contributed by atoms with E-state index in [9.17, 15) is 4.79 Å². The number of carbonyl (C=O) groups excluding carboxylic acids is 1. The normalized spacial score (nSPS) is 10.9. The zero-order chi connectivity index (χ0) is 21.5. The van der Waals surface area contributed by atoms with Crippen LogP contribution in [0.3, 0.4) is 0 Å². The SMILES string of the molecule is CCOCCOCc1cccc(NC(=O)c2c(C)nn(-c3ccc(Br)cc3)c2C)c1. The van der Waals surface area contributed by atoms with Gasteiger partial charge >= 0.3 is 0 Å². The summed E-state index contributed by atoms with van der Waals surface area (Å²) in [5, 5.41) is 7.55. The molecule has 158 valence electrons. The Bertz CT molecular complexity index is 999. The predicted octanol–water partition coefficient (Wildman–Crippen LogP) is 5.06. The second-order valence-electron chi connectivity index (χ2n) is 6.84. The van der Waals surface area contributed by atoms with Gasteiger partial charge in [-0.1, -0.05) is 28.1 Å². The van der Waals surface area contributed by atoms with Crippen LogP contribution < -0.4 is 5.32 Å². The highest BCUT2D eigenvalue weighted by molar-refractivity contribution is 9.10. The van der Waals surface area contributed by atoms with Crippen molar-refractivity contribution in [2.75, 3.05) is 25.1 Å². The van der Waals surface area contributed by atoms with Crippen molar-refractivity contribution in [2.24, 2.45) is 0 Å². The van der Waals surface area contributed by atoms with Crippen LogP contribution in [-0.4, -0.2) is 35.5 Å². The number of aryl methyl sites for hydroxylation is 1. The van der Waals surface area contributed by atoms with Crippen LogP contribution in [0.2, 0.25) is 0 Å². The lowest BCUT2D eigenvalue weighted by atomic mass is 10.1. The molecule has 7 heteroatoms. The zero-order valence-electron chi connectivity index (χ0n) is 17.4. The maximum absolute atomic E-state index is 13.0. The van der Waals surface area contributed by atoms with Gasteiger partial charge in [0.1, 0.15) is 0 Å². The van der Waals surface area contributed by atoms with Gasteiger partial charge in [0, 0.05) is 16.8 Å². The van der Waals surface area contributed by atoms with E-state index in [0.29, 0.717) is 37.7 Å². The summed E-state index contributed by atoms with van der Waals surface area (Å²) in [5.74, 6) is -0.178. The van der Waals surface area contributed by atoms with Crippen molar-refractivity contribution in [1.82, 2.24) is 9.78 Å². The van der Waals surface area contributed by atoms with Crippen LogP contribution in [0.5, 0.6) is 0 Å². The summed E-state index contributed by atoms with van der Waals surface area (Å²) in [7, 11) is 0. The number of carbonyl (C=O) groups is 1. The number of halogens is 1. The van der Waals surface area contributed by atoms with E-state index in [1.807, 2.05) is 69.3 Å². The molecule has 0 radical (unpaired) electrons. The van der Waals surface area contributed by atoms with Crippen LogP contribution in [0.25, 0.3) is 5.69 Å². The molecule has 0 aliphatic rings. The molecule has 0 aliphatic carbocycles. The van der Waals surface area contributed by atoms with Crippen LogP contribution in [0.1, 0.15) is 34.2 Å². The largest absolute Gasteiger partial charge is 0.379 e. The molecular weight excluding hydrogens is 446 g/mol. The molecular formula is C23H26BrN3O3. The Hall–Kier alpha value is -2.48. The van der Waals surface area contributed by atoms with Crippen molar-refractivity contribution in [3.05, 3.63) is 75.5 Å². The average molecular weight is 472 g/mol. The summed E-state index contributed by atoms with van der Waals surface area (Å²) < 4.78 is 13.7. The summed E-state index contributed by atoms with van der Waals surface area (Å²) in [6.45, 7) is 7.97. The molecule has 0 saturated carbocycles. The van der Waals surface area contributed by atoms with Gasteiger partial charge in [0.15, 0.2) is 0 Å². The van der Waals surface area contributed by atoms with Crippen LogP contribution in [0.4, 0.5) is 5.69 Å². The first kappa shape index (κ1) is 22.2. The van der Waals surface area contributed by atoms with Crippen molar-refractivity contribution >= 4 is 27.5 Å². The molecule has 3 aromatic rings. The maximum Gasteiger partial charge on any atom is 0.259 e. The standard InChI is InChI=1S/C23H26BrN3O3/c1-4-29-12-13-30-15-18-6-5-7-20(14-18)25-23(28)22-16(2)26-27(17(22)3)21-10-8-19(24)9-11-21/h5-11,14H,4,12-13,15H2,1-3H3,(H,25,28). The first-order chi connectivity index (χ1) is 14.5. The van der Waals surface area contributed by atoms with Crippen molar-refractivity contribution in [2.45, 2.75) is 27.4 Å². The van der Waals surface area contributed by atoms with E-state index in [4.69, 9.17) is 9.47 Å². The molecule has 1 N–H and O–H groups in total. The van der Waals surface area contributed by atoms with Crippen LogP contribution in [-0.2, 0) is 16.1 Å². The number of hydrogen-bond donors (Lipinski definition) is 1. The van der Waals surface area contributed by atoms with Crippen molar-refractivity contribution < 1.29 is 14.3 Å². The number of benzene rings is 2. The van der Waals surface area contributed by atoms with E-state index in [1.165, 1.54) is 0 Å². The van der Waals surface area contributed by atoms with E-state index < -0.39 is 0 Å². The molecule has 6 nitrogen and oxygen atoms in total. The lowest BCUT2D eigenvalue weighted by molar-refractivity contribution is 0.0453. The Labute approximate surface area is 185 Å². The molecule has 30 heavy (non-hydrogen) atoms. The number of nitrogens with one attached hydrogen (secondary N) is 1. The van der Waals surface area contributed by atoms with Gasteiger partial charge in [-0.05, 0) is 62.7 Å². The van der Waals surface area contributed by atoms with Crippen molar-refractivity contribution in [3.63, 3.8) is 0 Å². The lowest BCUT2D eigenvalue weighted by Gasteiger charge is -2.09. The third kappa shape index (κ3) is 5.56. The van der Waals surface area contributed by atoms with Gasteiger partial charge in [-0.3, -0.25) is 4.79 Å². The van der Waals surface area contributed by atoms with E-state index in [0.717, 1.165) is 27.1 Å².